The van der Waals surface area contributed by atoms with Crippen molar-refractivity contribution in [2.75, 3.05) is 13.1 Å². The smallest absolute Gasteiger partial charge is 0.308 e. The zero-order valence-electron chi connectivity index (χ0n) is 9.76. The van der Waals surface area contributed by atoms with Gasteiger partial charge in [-0.05, 0) is 32.2 Å². The summed E-state index contributed by atoms with van der Waals surface area (Å²) in [6.45, 7) is 1.65. The Hall–Kier alpha value is -1.10. The maximum absolute atomic E-state index is 11.6. The molecule has 0 aromatic carbocycles. The number of fused-ring (bicyclic) bond motifs is 1. The van der Waals surface area contributed by atoms with Gasteiger partial charge in [-0.1, -0.05) is 0 Å². The van der Waals surface area contributed by atoms with Crippen molar-refractivity contribution in [2.45, 2.75) is 37.8 Å². The number of nitrogens with zero attached hydrogens (tertiary/aromatic N) is 1. The SMILES string of the molecule is O=C(O)C1CCC1N1CCCC2C(=O)NCC21. The van der Waals surface area contributed by atoms with Gasteiger partial charge in [0.25, 0.3) is 0 Å². The fraction of sp³-hybridized carbons (Fsp3) is 0.833. The van der Waals surface area contributed by atoms with E-state index in [0.717, 1.165) is 32.2 Å². The minimum Gasteiger partial charge on any atom is -0.481 e. The van der Waals surface area contributed by atoms with Gasteiger partial charge in [0.1, 0.15) is 0 Å². The van der Waals surface area contributed by atoms with E-state index in [1.165, 1.54) is 0 Å². The van der Waals surface area contributed by atoms with Crippen LogP contribution in [0.1, 0.15) is 25.7 Å². The molecule has 3 rings (SSSR count). The van der Waals surface area contributed by atoms with Crippen LogP contribution in [0.15, 0.2) is 0 Å². The predicted octanol–water partition coefficient (Wildman–Crippen LogP) is 0.0600. The molecule has 1 saturated carbocycles. The van der Waals surface area contributed by atoms with E-state index in [1.54, 1.807) is 0 Å². The molecule has 17 heavy (non-hydrogen) atoms. The van der Waals surface area contributed by atoms with Crippen LogP contribution < -0.4 is 5.32 Å². The Kier molecular flexibility index (Phi) is 2.58. The summed E-state index contributed by atoms with van der Waals surface area (Å²) in [5, 5.41) is 12.0. The fourth-order valence-electron chi connectivity index (χ4n) is 3.56. The summed E-state index contributed by atoms with van der Waals surface area (Å²) in [6.07, 6.45) is 3.72. The van der Waals surface area contributed by atoms with Gasteiger partial charge in [0, 0.05) is 18.6 Å². The van der Waals surface area contributed by atoms with Crippen molar-refractivity contribution < 1.29 is 14.7 Å². The summed E-state index contributed by atoms with van der Waals surface area (Å²) in [5.74, 6) is -0.644. The van der Waals surface area contributed by atoms with Crippen molar-refractivity contribution >= 4 is 11.9 Å². The van der Waals surface area contributed by atoms with Crippen LogP contribution in [-0.2, 0) is 9.59 Å². The molecule has 2 aliphatic heterocycles. The Morgan fingerprint density at radius 1 is 1.29 bits per heavy atom. The lowest BCUT2D eigenvalue weighted by Crippen LogP contribution is -2.58. The first-order valence-corrected chi connectivity index (χ1v) is 6.45. The number of nitrogens with one attached hydrogen (secondary N) is 1. The van der Waals surface area contributed by atoms with Gasteiger partial charge in [-0.15, -0.1) is 0 Å². The molecule has 94 valence electrons. The normalized spacial score (nSPS) is 41.5. The third kappa shape index (κ3) is 1.64. The van der Waals surface area contributed by atoms with E-state index in [9.17, 15) is 9.59 Å². The van der Waals surface area contributed by atoms with Gasteiger partial charge < -0.3 is 10.4 Å². The Balaban J connectivity index is 1.75. The van der Waals surface area contributed by atoms with Gasteiger partial charge in [-0.3, -0.25) is 14.5 Å². The molecule has 1 aliphatic carbocycles. The molecule has 2 heterocycles. The summed E-state index contributed by atoms with van der Waals surface area (Å²) in [7, 11) is 0. The summed E-state index contributed by atoms with van der Waals surface area (Å²) in [4.78, 5) is 25.0. The second-order valence-electron chi connectivity index (χ2n) is 5.39. The number of rotatable bonds is 2. The molecular weight excluding hydrogens is 220 g/mol. The molecule has 0 aromatic heterocycles. The first-order chi connectivity index (χ1) is 8.18. The number of likely N-dealkylation sites (tertiary alicyclic amines) is 1. The molecule has 2 saturated heterocycles. The van der Waals surface area contributed by atoms with Crippen LogP contribution in [-0.4, -0.2) is 47.1 Å². The van der Waals surface area contributed by atoms with E-state index in [1.807, 2.05) is 0 Å². The quantitative estimate of drug-likeness (QED) is 0.713. The number of carbonyl (C=O) groups is 2. The fourth-order valence-corrected chi connectivity index (χ4v) is 3.56. The average molecular weight is 238 g/mol. The number of carboxylic acid groups (broad SMARTS) is 1. The van der Waals surface area contributed by atoms with E-state index in [4.69, 9.17) is 5.11 Å². The highest BCUT2D eigenvalue weighted by Crippen LogP contribution is 2.38. The van der Waals surface area contributed by atoms with Gasteiger partial charge >= 0.3 is 5.97 Å². The highest BCUT2D eigenvalue weighted by atomic mass is 16.4. The molecule has 2 N–H and O–H groups in total. The molecule has 0 aromatic rings. The Morgan fingerprint density at radius 3 is 2.76 bits per heavy atom. The van der Waals surface area contributed by atoms with E-state index in [2.05, 4.69) is 10.2 Å². The molecule has 4 unspecified atom stereocenters. The number of hydrogen-bond acceptors (Lipinski definition) is 3. The van der Waals surface area contributed by atoms with Crippen LogP contribution in [0.3, 0.4) is 0 Å². The second-order valence-corrected chi connectivity index (χ2v) is 5.39. The molecule has 3 fully saturated rings. The number of carboxylic acids is 1. The number of hydrogen-bond donors (Lipinski definition) is 2. The summed E-state index contributed by atoms with van der Waals surface area (Å²) < 4.78 is 0. The standard InChI is InChI=1S/C12H18N2O3/c15-11-7-2-1-5-14(10(7)6-13-11)9-4-3-8(9)12(16)17/h7-10H,1-6H2,(H,13,15)(H,16,17). The highest BCUT2D eigenvalue weighted by molar-refractivity contribution is 5.82. The second kappa shape index (κ2) is 3.98. The lowest BCUT2D eigenvalue weighted by Gasteiger charge is -2.48. The third-order valence-electron chi connectivity index (χ3n) is 4.63. The molecule has 4 atom stereocenters. The van der Waals surface area contributed by atoms with Crippen LogP contribution in [0.2, 0.25) is 0 Å². The maximum Gasteiger partial charge on any atom is 0.308 e. The van der Waals surface area contributed by atoms with Gasteiger partial charge in [-0.2, -0.15) is 0 Å². The molecule has 1 amide bonds. The molecule has 0 spiro atoms. The van der Waals surface area contributed by atoms with Gasteiger partial charge in [0.2, 0.25) is 5.91 Å². The predicted molar refractivity (Wildman–Crippen MR) is 60.4 cm³/mol. The van der Waals surface area contributed by atoms with Crippen molar-refractivity contribution in [1.82, 2.24) is 10.2 Å². The lowest BCUT2D eigenvalue weighted by molar-refractivity contribution is -0.150. The van der Waals surface area contributed by atoms with Crippen molar-refractivity contribution in [1.29, 1.82) is 0 Å². The molecular formula is C12H18N2O3. The van der Waals surface area contributed by atoms with Crippen molar-refractivity contribution in [3.63, 3.8) is 0 Å². The zero-order valence-corrected chi connectivity index (χ0v) is 9.76. The Bertz CT molecular complexity index is 358. The first-order valence-electron chi connectivity index (χ1n) is 6.45. The number of amides is 1. The molecule has 0 bridgehead atoms. The molecule has 3 aliphatic rings. The molecule has 5 heteroatoms. The number of carbonyl (C=O) groups excluding carboxylic acids is 1. The van der Waals surface area contributed by atoms with Gasteiger partial charge in [0.15, 0.2) is 0 Å². The van der Waals surface area contributed by atoms with Crippen LogP contribution in [0, 0.1) is 11.8 Å². The third-order valence-corrected chi connectivity index (χ3v) is 4.63. The Labute approximate surface area is 100 Å². The van der Waals surface area contributed by atoms with E-state index >= 15 is 0 Å². The Morgan fingerprint density at radius 2 is 2.12 bits per heavy atom. The van der Waals surface area contributed by atoms with E-state index in [-0.39, 0.29) is 29.8 Å². The lowest BCUT2D eigenvalue weighted by atomic mass is 9.76. The van der Waals surface area contributed by atoms with Crippen LogP contribution >= 0.6 is 0 Å². The molecule has 0 radical (unpaired) electrons. The minimum atomic E-state index is -0.680. The van der Waals surface area contributed by atoms with Crippen LogP contribution in [0.25, 0.3) is 0 Å². The first kappa shape index (κ1) is 11.0. The van der Waals surface area contributed by atoms with Gasteiger partial charge in [0.05, 0.1) is 11.8 Å². The largest absolute Gasteiger partial charge is 0.481 e. The van der Waals surface area contributed by atoms with E-state index in [0.29, 0.717) is 6.54 Å². The highest BCUT2D eigenvalue weighted by Gasteiger charge is 2.48. The molecule has 5 nitrogen and oxygen atoms in total. The average Bonchev–Trinajstić information content (AvgIpc) is 2.59. The van der Waals surface area contributed by atoms with Crippen molar-refractivity contribution in [2.24, 2.45) is 11.8 Å². The van der Waals surface area contributed by atoms with Crippen molar-refractivity contribution in [3.8, 4) is 0 Å². The van der Waals surface area contributed by atoms with Gasteiger partial charge in [-0.25, -0.2) is 0 Å². The summed E-state index contributed by atoms with van der Waals surface area (Å²) >= 11 is 0. The number of aliphatic carboxylic acids is 1. The van der Waals surface area contributed by atoms with Crippen LogP contribution in [0.5, 0.6) is 0 Å². The van der Waals surface area contributed by atoms with Crippen molar-refractivity contribution in [3.05, 3.63) is 0 Å². The summed E-state index contributed by atoms with van der Waals surface area (Å²) in [6, 6.07) is 0.399. The maximum atomic E-state index is 11.6. The zero-order chi connectivity index (χ0) is 12.0. The topological polar surface area (TPSA) is 69.6 Å². The van der Waals surface area contributed by atoms with Crippen LogP contribution in [0.4, 0.5) is 0 Å². The summed E-state index contributed by atoms with van der Waals surface area (Å²) in [5.41, 5.74) is 0. The monoisotopic (exact) mass is 238 g/mol. The van der Waals surface area contributed by atoms with E-state index < -0.39 is 5.97 Å². The minimum absolute atomic E-state index is 0.0961. The number of piperidine rings is 1.